The van der Waals surface area contributed by atoms with Gasteiger partial charge in [0.05, 0.1) is 6.54 Å². The van der Waals surface area contributed by atoms with Crippen molar-refractivity contribution in [2.24, 2.45) is 0 Å². The van der Waals surface area contributed by atoms with Crippen LogP contribution in [0.15, 0.2) is 52.1 Å². The minimum atomic E-state index is -0.483. The van der Waals surface area contributed by atoms with Crippen LogP contribution in [0.25, 0.3) is 10.8 Å². The highest BCUT2D eigenvalue weighted by molar-refractivity contribution is 5.85. The van der Waals surface area contributed by atoms with Gasteiger partial charge in [0.15, 0.2) is 0 Å². The van der Waals surface area contributed by atoms with Crippen LogP contribution in [-0.4, -0.2) is 9.13 Å². The normalized spacial score (nSPS) is 13.0. The van der Waals surface area contributed by atoms with Crippen LogP contribution in [-0.2, 0) is 19.5 Å². The molecule has 0 radical (unpaired) electrons. The largest absolute Gasteiger partial charge is 0.331 e. The number of nitrogens with zero attached hydrogens (tertiary/aromatic N) is 3. The van der Waals surface area contributed by atoms with E-state index in [9.17, 15) is 14.9 Å². The van der Waals surface area contributed by atoms with Crippen molar-refractivity contribution >= 4 is 10.8 Å². The van der Waals surface area contributed by atoms with Crippen molar-refractivity contribution in [3.8, 4) is 6.07 Å². The Morgan fingerprint density at radius 1 is 1.08 bits per heavy atom. The fraction of sp³-hybridized carbons (Fsp3) is 0.211. The van der Waals surface area contributed by atoms with Gasteiger partial charge in [-0.25, -0.2) is 4.79 Å². The topological polar surface area (TPSA) is 67.8 Å². The first kappa shape index (κ1) is 14.5. The molecule has 1 aliphatic rings. The highest BCUT2D eigenvalue weighted by Crippen LogP contribution is 2.19. The van der Waals surface area contributed by atoms with Crippen molar-refractivity contribution in [1.29, 1.82) is 5.26 Å². The second-order valence-corrected chi connectivity index (χ2v) is 6.00. The first-order valence-electron chi connectivity index (χ1n) is 7.94. The first-order chi connectivity index (χ1) is 11.7. The predicted octanol–water partition coefficient (Wildman–Crippen LogP) is 2.03. The molecule has 0 saturated heterocycles. The van der Waals surface area contributed by atoms with Crippen LogP contribution in [0, 0.1) is 11.3 Å². The molecule has 0 saturated carbocycles. The zero-order valence-electron chi connectivity index (χ0n) is 13.0. The van der Waals surface area contributed by atoms with Gasteiger partial charge in [-0.1, -0.05) is 42.5 Å². The molecule has 1 aliphatic heterocycles. The van der Waals surface area contributed by atoms with E-state index in [-0.39, 0.29) is 17.8 Å². The number of fused-ring (bicyclic) bond motifs is 2. The van der Waals surface area contributed by atoms with Crippen LogP contribution in [0.5, 0.6) is 0 Å². The summed E-state index contributed by atoms with van der Waals surface area (Å²) in [5.41, 5.74) is 0.784. The molecule has 0 bridgehead atoms. The van der Waals surface area contributed by atoms with E-state index in [2.05, 4.69) is 0 Å². The van der Waals surface area contributed by atoms with E-state index < -0.39 is 5.56 Å². The summed E-state index contributed by atoms with van der Waals surface area (Å²) >= 11 is 0. The second kappa shape index (κ2) is 5.50. The van der Waals surface area contributed by atoms with Crippen molar-refractivity contribution in [1.82, 2.24) is 9.13 Å². The van der Waals surface area contributed by atoms with E-state index in [0.29, 0.717) is 18.7 Å². The molecule has 24 heavy (non-hydrogen) atoms. The predicted molar refractivity (Wildman–Crippen MR) is 91.0 cm³/mol. The quantitative estimate of drug-likeness (QED) is 0.726. The maximum absolute atomic E-state index is 12.7. The number of hydrogen-bond acceptors (Lipinski definition) is 3. The van der Waals surface area contributed by atoms with Gasteiger partial charge in [0.25, 0.3) is 5.56 Å². The number of rotatable bonds is 2. The summed E-state index contributed by atoms with van der Waals surface area (Å²) in [5, 5.41) is 11.4. The third kappa shape index (κ3) is 2.08. The lowest BCUT2D eigenvalue weighted by Crippen LogP contribution is -2.41. The Balaban J connectivity index is 1.94. The SMILES string of the molecule is N#Cc1c2n(c(=O)n(Cc3cccc4ccccc34)c1=O)CCC2. The summed E-state index contributed by atoms with van der Waals surface area (Å²) in [6, 6.07) is 15.7. The van der Waals surface area contributed by atoms with Crippen molar-refractivity contribution < 1.29 is 0 Å². The number of hydrogen-bond donors (Lipinski definition) is 0. The molecule has 0 amide bonds. The van der Waals surface area contributed by atoms with Gasteiger partial charge in [-0.05, 0) is 29.2 Å². The molecular weight excluding hydrogens is 302 g/mol. The summed E-state index contributed by atoms with van der Waals surface area (Å²) in [6.07, 6.45) is 1.41. The van der Waals surface area contributed by atoms with E-state index in [1.807, 2.05) is 48.5 Å². The fourth-order valence-electron chi connectivity index (χ4n) is 3.49. The van der Waals surface area contributed by atoms with Crippen LogP contribution in [0.3, 0.4) is 0 Å². The lowest BCUT2D eigenvalue weighted by Gasteiger charge is -2.12. The summed E-state index contributed by atoms with van der Waals surface area (Å²) in [5.74, 6) is 0. The summed E-state index contributed by atoms with van der Waals surface area (Å²) in [4.78, 5) is 25.4. The number of benzene rings is 2. The van der Waals surface area contributed by atoms with Crippen LogP contribution in [0.2, 0.25) is 0 Å². The van der Waals surface area contributed by atoms with E-state index in [4.69, 9.17) is 0 Å². The standard InChI is InChI=1S/C19H15N3O2/c20-11-16-17-9-4-10-21(17)19(24)22(18(16)23)12-14-7-3-6-13-5-1-2-8-15(13)14/h1-3,5-8H,4,9-10,12H2. The molecule has 0 fully saturated rings. The molecule has 0 atom stereocenters. The van der Waals surface area contributed by atoms with Crippen molar-refractivity contribution in [2.45, 2.75) is 25.9 Å². The Hall–Kier alpha value is -3.13. The van der Waals surface area contributed by atoms with Gasteiger partial charge < -0.3 is 0 Å². The molecule has 2 heterocycles. The molecule has 0 unspecified atom stereocenters. The number of nitriles is 1. The molecule has 3 aromatic rings. The van der Waals surface area contributed by atoms with Gasteiger partial charge in [0.2, 0.25) is 0 Å². The van der Waals surface area contributed by atoms with Crippen molar-refractivity contribution in [2.75, 3.05) is 0 Å². The molecule has 5 heteroatoms. The van der Waals surface area contributed by atoms with E-state index in [1.165, 1.54) is 4.57 Å². The van der Waals surface area contributed by atoms with E-state index in [0.717, 1.165) is 22.8 Å². The smallest absolute Gasteiger partial charge is 0.296 e. The molecule has 1 aromatic heterocycles. The molecule has 118 valence electrons. The molecule has 4 rings (SSSR count). The second-order valence-electron chi connectivity index (χ2n) is 6.00. The average molecular weight is 317 g/mol. The van der Waals surface area contributed by atoms with Gasteiger partial charge in [0, 0.05) is 12.2 Å². The maximum Gasteiger partial charge on any atom is 0.331 e. The maximum atomic E-state index is 12.7. The van der Waals surface area contributed by atoms with Crippen molar-refractivity contribution in [3.63, 3.8) is 0 Å². The van der Waals surface area contributed by atoms with Crippen LogP contribution < -0.4 is 11.2 Å². The zero-order chi connectivity index (χ0) is 16.7. The Morgan fingerprint density at radius 3 is 2.71 bits per heavy atom. The van der Waals surface area contributed by atoms with Gasteiger partial charge in [0.1, 0.15) is 11.6 Å². The fourth-order valence-corrected chi connectivity index (χ4v) is 3.49. The first-order valence-corrected chi connectivity index (χ1v) is 7.94. The third-order valence-electron chi connectivity index (χ3n) is 4.65. The van der Waals surface area contributed by atoms with Gasteiger partial charge >= 0.3 is 5.69 Å². The van der Waals surface area contributed by atoms with Crippen LogP contribution >= 0.6 is 0 Å². The molecule has 0 spiro atoms. The molecule has 0 aliphatic carbocycles. The van der Waals surface area contributed by atoms with Gasteiger partial charge in [-0.15, -0.1) is 0 Å². The van der Waals surface area contributed by atoms with Gasteiger partial charge in [-0.3, -0.25) is 13.9 Å². The minimum Gasteiger partial charge on any atom is -0.296 e. The Labute approximate surface area is 138 Å². The molecule has 5 nitrogen and oxygen atoms in total. The highest BCUT2D eigenvalue weighted by Gasteiger charge is 2.22. The lowest BCUT2D eigenvalue weighted by molar-refractivity contribution is 0.603. The van der Waals surface area contributed by atoms with E-state index in [1.54, 1.807) is 4.57 Å². The van der Waals surface area contributed by atoms with Crippen LogP contribution in [0.1, 0.15) is 23.2 Å². The average Bonchev–Trinajstić information content (AvgIpc) is 3.09. The monoisotopic (exact) mass is 317 g/mol. The summed E-state index contributed by atoms with van der Waals surface area (Å²) < 4.78 is 2.76. The van der Waals surface area contributed by atoms with E-state index >= 15 is 0 Å². The zero-order valence-corrected chi connectivity index (χ0v) is 13.0. The Morgan fingerprint density at radius 2 is 1.88 bits per heavy atom. The molecule has 2 aromatic carbocycles. The van der Waals surface area contributed by atoms with Crippen LogP contribution in [0.4, 0.5) is 0 Å². The Bertz CT molecular complexity index is 1110. The molecular formula is C19H15N3O2. The summed E-state index contributed by atoms with van der Waals surface area (Å²) in [6.45, 7) is 0.743. The van der Waals surface area contributed by atoms with Crippen molar-refractivity contribution in [3.05, 3.63) is 80.1 Å². The number of aromatic nitrogens is 2. The molecule has 0 N–H and O–H groups in total. The highest BCUT2D eigenvalue weighted by atomic mass is 16.2. The van der Waals surface area contributed by atoms with Gasteiger partial charge in [-0.2, -0.15) is 5.26 Å². The minimum absolute atomic E-state index is 0.104. The summed E-state index contributed by atoms with van der Waals surface area (Å²) in [7, 11) is 0. The Kier molecular flexibility index (Phi) is 3.31. The lowest BCUT2D eigenvalue weighted by atomic mass is 10.0. The third-order valence-corrected chi connectivity index (χ3v) is 4.65.